The third kappa shape index (κ3) is 3.03. The van der Waals surface area contributed by atoms with Gasteiger partial charge in [0.25, 0.3) is 0 Å². The van der Waals surface area contributed by atoms with Crippen molar-refractivity contribution >= 4 is 17.6 Å². The van der Waals surface area contributed by atoms with Crippen LogP contribution in [-0.2, 0) is 4.74 Å². The molecule has 0 unspecified atom stereocenters. The monoisotopic (exact) mass is 277 g/mol. The SMILES string of the molecule is COC(=O)c1cc(Cl)nc(-c2cccc(OC)c2)c1. The molecule has 0 radical (unpaired) electrons. The van der Waals surface area contributed by atoms with Gasteiger partial charge in [-0.3, -0.25) is 0 Å². The molecule has 1 aromatic carbocycles. The van der Waals surface area contributed by atoms with Gasteiger partial charge < -0.3 is 9.47 Å². The van der Waals surface area contributed by atoms with E-state index in [1.165, 1.54) is 13.2 Å². The van der Waals surface area contributed by atoms with Crippen LogP contribution in [0.3, 0.4) is 0 Å². The maximum Gasteiger partial charge on any atom is 0.338 e. The second-order valence-corrected chi connectivity index (χ2v) is 4.17. The van der Waals surface area contributed by atoms with E-state index in [0.29, 0.717) is 17.0 Å². The molecule has 98 valence electrons. The molecule has 0 saturated heterocycles. The standard InChI is InChI=1S/C14H12ClNO3/c1-18-11-5-3-4-9(6-11)12-7-10(14(17)19-2)8-13(15)16-12/h3-8H,1-2H3. The number of aromatic nitrogens is 1. The Bertz CT molecular complexity index is 613. The molecule has 1 heterocycles. The average molecular weight is 278 g/mol. The van der Waals surface area contributed by atoms with Gasteiger partial charge in [0.1, 0.15) is 10.9 Å². The van der Waals surface area contributed by atoms with Crippen molar-refractivity contribution in [1.29, 1.82) is 0 Å². The van der Waals surface area contributed by atoms with Gasteiger partial charge in [0.2, 0.25) is 0 Å². The third-order valence-corrected chi connectivity index (χ3v) is 2.77. The smallest absolute Gasteiger partial charge is 0.338 e. The molecular formula is C14H12ClNO3. The number of pyridine rings is 1. The van der Waals surface area contributed by atoms with Crippen LogP contribution in [0.25, 0.3) is 11.3 Å². The van der Waals surface area contributed by atoms with Crippen LogP contribution < -0.4 is 4.74 Å². The van der Waals surface area contributed by atoms with E-state index in [-0.39, 0.29) is 5.15 Å². The van der Waals surface area contributed by atoms with Gasteiger partial charge in [-0.05, 0) is 24.3 Å². The molecule has 0 aliphatic heterocycles. The molecule has 0 aliphatic rings. The number of esters is 1. The topological polar surface area (TPSA) is 48.4 Å². The minimum Gasteiger partial charge on any atom is -0.497 e. The number of carbonyl (C=O) groups excluding carboxylic acids is 1. The molecule has 0 amide bonds. The molecular weight excluding hydrogens is 266 g/mol. The van der Waals surface area contributed by atoms with Crippen molar-refractivity contribution < 1.29 is 14.3 Å². The van der Waals surface area contributed by atoms with Crippen molar-refractivity contribution in [2.45, 2.75) is 0 Å². The molecule has 0 fully saturated rings. The Labute approximate surface area is 115 Å². The zero-order chi connectivity index (χ0) is 13.8. The first-order valence-electron chi connectivity index (χ1n) is 5.54. The highest BCUT2D eigenvalue weighted by Crippen LogP contribution is 2.25. The lowest BCUT2D eigenvalue weighted by molar-refractivity contribution is 0.0600. The van der Waals surface area contributed by atoms with Crippen LogP contribution in [0.1, 0.15) is 10.4 Å². The maximum atomic E-state index is 11.5. The summed E-state index contributed by atoms with van der Waals surface area (Å²) in [6, 6.07) is 10.5. The Balaban J connectivity index is 2.49. The van der Waals surface area contributed by atoms with Crippen molar-refractivity contribution in [2.75, 3.05) is 14.2 Å². The van der Waals surface area contributed by atoms with Crippen LogP contribution in [0, 0.1) is 0 Å². The summed E-state index contributed by atoms with van der Waals surface area (Å²) in [5.74, 6) is 0.257. The highest BCUT2D eigenvalue weighted by atomic mass is 35.5. The molecule has 4 nitrogen and oxygen atoms in total. The molecule has 2 rings (SSSR count). The summed E-state index contributed by atoms with van der Waals surface area (Å²) < 4.78 is 9.83. The first-order chi connectivity index (χ1) is 9.13. The van der Waals surface area contributed by atoms with Crippen molar-refractivity contribution in [3.63, 3.8) is 0 Å². The van der Waals surface area contributed by atoms with Crippen LogP contribution in [0.15, 0.2) is 36.4 Å². The lowest BCUT2D eigenvalue weighted by atomic mass is 10.1. The molecule has 19 heavy (non-hydrogen) atoms. The second kappa shape index (κ2) is 5.71. The van der Waals surface area contributed by atoms with Crippen LogP contribution in [0.4, 0.5) is 0 Å². The van der Waals surface area contributed by atoms with Crippen molar-refractivity contribution in [3.8, 4) is 17.0 Å². The molecule has 0 spiro atoms. The first-order valence-corrected chi connectivity index (χ1v) is 5.92. The summed E-state index contributed by atoms with van der Waals surface area (Å²) in [7, 11) is 2.91. The van der Waals surface area contributed by atoms with Crippen LogP contribution >= 0.6 is 11.6 Å². The molecule has 0 bridgehead atoms. The highest BCUT2D eigenvalue weighted by molar-refractivity contribution is 6.29. The minimum absolute atomic E-state index is 0.237. The predicted octanol–water partition coefficient (Wildman–Crippen LogP) is 3.20. The van der Waals surface area contributed by atoms with E-state index in [2.05, 4.69) is 9.72 Å². The van der Waals surface area contributed by atoms with E-state index in [1.54, 1.807) is 13.2 Å². The summed E-state index contributed by atoms with van der Waals surface area (Å²) in [6.45, 7) is 0. The van der Waals surface area contributed by atoms with E-state index < -0.39 is 5.97 Å². The van der Waals surface area contributed by atoms with Gasteiger partial charge >= 0.3 is 5.97 Å². The Kier molecular flexibility index (Phi) is 4.02. The average Bonchev–Trinajstić information content (AvgIpc) is 2.45. The fraction of sp³-hybridized carbons (Fsp3) is 0.143. The molecule has 0 N–H and O–H groups in total. The van der Waals surface area contributed by atoms with Gasteiger partial charge in [-0.15, -0.1) is 0 Å². The lowest BCUT2D eigenvalue weighted by Gasteiger charge is -2.06. The van der Waals surface area contributed by atoms with E-state index in [1.807, 2.05) is 24.3 Å². The number of benzene rings is 1. The zero-order valence-electron chi connectivity index (χ0n) is 10.5. The number of hydrogen-bond donors (Lipinski definition) is 0. The number of methoxy groups -OCH3 is 2. The summed E-state index contributed by atoms with van der Waals surface area (Å²) in [6.07, 6.45) is 0. The van der Waals surface area contributed by atoms with Gasteiger partial charge in [-0.2, -0.15) is 0 Å². The van der Waals surface area contributed by atoms with Crippen LogP contribution in [0.5, 0.6) is 5.75 Å². The molecule has 0 saturated carbocycles. The largest absolute Gasteiger partial charge is 0.497 e. The third-order valence-electron chi connectivity index (χ3n) is 2.58. The summed E-state index contributed by atoms with van der Waals surface area (Å²) in [5, 5.41) is 0.237. The molecule has 5 heteroatoms. The van der Waals surface area contributed by atoms with Crippen molar-refractivity contribution in [3.05, 3.63) is 47.1 Å². The van der Waals surface area contributed by atoms with Gasteiger partial charge in [0.05, 0.1) is 25.5 Å². The highest BCUT2D eigenvalue weighted by Gasteiger charge is 2.11. The van der Waals surface area contributed by atoms with E-state index >= 15 is 0 Å². The number of ether oxygens (including phenoxy) is 2. The normalized spacial score (nSPS) is 10.1. The van der Waals surface area contributed by atoms with Gasteiger partial charge in [0, 0.05) is 5.56 Å². The Morgan fingerprint density at radius 1 is 1.21 bits per heavy atom. The van der Waals surface area contributed by atoms with E-state index in [4.69, 9.17) is 16.3 Å². The quantitative estimate of drug-likeness (QED) is 0.638. The number of hydrogen-bond acceptors (Lipinski definition) is 4. The molecule has 0 atom stereocenters. The number of rotatable bonds is 3. The molecule has 1 aromatic heterocycles. The number of carbonyl (C=O) groups is 1. The zero-order valence-corrected chi connectivity index (χ0v) is 11.3. The van der Waals surface area contributed by atoms with Crippen LogP contribution in [-0.4, -0.2) is 25.2 Å². The van der Waals surface area contributed by atoms with E-state index in [9.17, 15) is 4.79 Å². The lowest BCUT2D eigenvalue weighted by Crippen LogP contribution is -2.02. The van der Waals surface area contributed by atoms with Gasteiger partial charge in [-0.1, -0.05) is 23.7 Å². The van der Waals surface area contributed by atoms with Crippen LogP contribution in [0.2, 0.25) is 5.15 Å². The maximum absolute atomic E-state index is 11.5. The predicted molar refractivity (Wildman–Crippen MR) is 72.6 cm³/mol. The van der Waals surface area contributed by atoms with E-state index in [0.717, 1.165) is 5.56 Å². The number of halogens is 1. The van der Waals surface area contributed by atoms with Crippen molar-refractivity contribution in [2.24, 2.45) is 0 Å². The van der Waals surface area contributed by atoms with Gasteiger partial charge in [-0.25, -0.2) is 9.78 Å². The summed E-state index contributed by atoms with van der Waals surface area (Å²) in [5.41, 5.74) is 1.76. The number of nitrogens with zero attached hydrogens (tertiary/aromatic N) is 1. The van der Waals surface area contributed by atoms with Gasteiger partial charge in [0.15, 0.2) is 0 Å². The van der Waals surface area contributed by atoms with Crippen molar-refractivity contribution in [1.82, 2.24) is 4.98 Å². The fourth-order valence-electron chi connectivity index (χ4n) is 1.66. The first kappa shape index (κ1) is 13.4. The minimum atomic E-state index is -0.451. The summed E-state index contributed by atoms with van der Waals surface area (Å²) >= 11 is 5.92. The molecule has 2 aromatic rings. The second-order valence-electron chi connectivity index (χ2n) is 3.79. The Morgan fingerprint density at radius 2 is 2.00 bits per heavy atom. The fourth-order valence-corrected chi connectivity index (χ4v) is 1.87. The Hall–Kier alpha value is -2.07. The molecule has 0 aliphatic carbocycles. The summed E-state index contributed by atoms with van der Waals surface area (Å²) in [4.78, 5) is 15.7. The Morgan fingerprint density at radius 3 is 2.68 bits per heavy atom.